The maximum atomic E-state index is 12.6. The van der Waals surface area contributed by atoms with Crippen molar-refractivity contribution in [1.29, 1.82) is 0 Å². The van der Waals surface area contributed by atoms with Crippen LogP contribution in [-0.2, 0) is 0 Å². The number of nitrogens with one attached hydrogen (secondary N) is 2. The molecule has 12 heteroatoms. The lowest BCUT2D eigenvalue weighted by Gasteiger charge is -2.13. The van der Waals surface area contributed by atoms with Crippen LogP contribution in [0, 0.1) is 10.1 Å². The molecule has 0 unspecified atom stereocenters. The van der Waals surface area contributed by atoms with Crippen LogP contribution in [0.5, 0.6) is 0 Å². The quantitative estimate of drug-likeness (QED) is 0.457. The number of halogens is 3. The van der Waals surface area contributed by atoms with Crippen LogP contribution in [0.25, 0.3) is 5.69 Å². The van der Waals surface area contributed by atoms with Gasteiger partial charge in [0.2, 0.25) is 0 Å². The van der Waals surface area contributed by atoms with Crippen LogP contribution in [0.3, 0.4) is 0 Å². The monoisotopic (exact) mass is 433 g/mol. The number of rotatable bonds is 6. The second-order valence-electron chi connectivity index (χ2n) is 6.23. The average Bonchev–Trinajstić information content (AvgIpc) is 3.26. The van der Waals surface area contributed by atoms with E-state index in [1.54, 1.807) is 5.32 Å². The Hall–Kier alpha value is -4.22. The average molecular weight is 433 g/mol. The maximum Gasteiger partial charge on any atom is 0.405 e. The Bertz CT molecular complexity index is 1130. The summed E-state index contributed by atoms with van der Waals surface area (Å²) >= 11 is 0. The van der Waals surface area contributed by atoms with Crippen LogP contribution < -0.4 is 10.6 Å². The fraction of sp³-hybridized carbons (Fsp3) is 0.105. The van der Waals surface area contributed by atoms with Gasteiger partial charge in [0, 0.05) is 24.0 Å². The molecule has 1 aromatic heterocycles. The molecule has 0 atom stereocenters. The molecule has 0 fully saturated rings. The molecule has 0 aliphatic rings. The first-order chi connectivity index (χ1) is 14.7. The predicted molar refractivity (Wildman–Crippen MR) is 103 cm³/mol. The van der Waals surface area contributed by atoms with Crippen LogP contribution in [0.4, 0.5) is 24.5 Å². The van der Waals surface area contributed by atoms with Crippen molar-refractivity contribution in [1.82, 2.24) is 14.9 Å². The molecule has 160 valence electrons. The Labute approximate surface area is 172 Å². The molecule has 0 aliphatic heterocycles. The van der Waals surface area contributed by atoms with Gasteiger partial charge in [0.05, 0.1) is 22.5 Å². The Morgan fingerprint density at radius 3 is 2.52 bits per heavy atom. The Balaban J connectivity index is 1.85. The second kappa shape index (κ2) is 8.65. The molecule has 3 aromatic rings. The number of nitro benzene ring substituents is 1. The lowest BCUT2D eigenvalue weighted by atomic mass is 10.1. The number of nitro groups is 1. The van der Waals surface area contributed by atoms with Gasteiger partial charge in [-0.1, -0.05) is 12.1 Å². The largest absolute Gasteiger partial charge is 0.405 e. The fourth-order valence-electron chi connectivity index (χ4n) is 2.69. The molecule has 9 nitrogen and oxygen atoms in total. The first-order valence-corrected chi connectivity index (χ1v) is 8.68. The number of benzene rings is 2. The van der Waals surface area contributed by atoms with Crippen LogP contribution in [0.2, 0.25) is 0 Å². The van der Waals surface area contributed by atoms with E-state index in [-0.39, 0.29) is 28.2 Å². The molecule has 1 heterocycles. The first-order valence-electron chi connectivity index (χ1n) is 8.68. The number of aromatic nitrogens is 2. The smallest absolute Gasteiger partial charge is 0.343 e. The number of carbonyl (C=O) groups is 2. The van der Waals surface area contributed by atoms with E-state index in [0.29, 0.717) is 0 Å². The number of anilines is 1. The molecular formula is C19H14F3N5O4. The summed E-state index contributed by atoms with van der Waals surface area (Å²) in [5.74, 6) is -1.81. The molecule has 31 heavy (non-hydrogen) atoms. The standard InChI is InChI=1S/C19H14F3N5O4/c20-19(21,22)10-24-18(29)13-3-1-2-4-14(13)25-17(28)12-5-6-15(16(9-12)27(30)31)26-8-7-23-11-26/h1-9,11H,10H2,(H,24,29)(H,25,28). The zero-order valence-corrected chi connectivity index (χ0v) is 15.6. The number of imidazole rings is 1. The third kappa shape index (κ3) is 5.23. The summed E-state index contributed by atoms with van der Waals surface area (Å²) in [6.45, 7) is -1.53. The maximum absolute atomic E-state index is 12.6. The molecule has 0 radical (unpaired) electrons. The number of nitrogens with zero attached hydrogens (tertiary/aromatic N) is 3. The molecule has 0 saturated heterocycles. The minimum atomic E-state index is -4.59. The number of carbonyl (C=O) groups excluding carboxylic acids is 2. The molecule has 3 rings (SSSR count). The van der Waals surface area contributed by atoms with Crippen molar-refractivity contribution < 1.29 is 27.7 Å². The second-order valence-corrected chi connectivity index (χ2v) is 6.23. The SMILES string of the molecule is O=C(Nc1ccccc1C(=O)NCC(F)(F)F)c1ccc(-n2ccnc2)c([N+](=O)[O-])c1. The van der Waals surface area contributed by atoms with Gasteiger partial charge in [-0.3, -0.25) is 19.7 Å². The van der Waals surface area contributed by atoms with Crippen molar-refractivity contribution >= 4 is 23.2 Å². The zero-order valence-electron chi connectivity index (χ0n) is 15.6. The molecular weight excluding hydrogens is 419 g/mol. The van der Waals surface area contributed by atoms with E-state index in [1.807, 2.05) is 0 Å². The summed E-state index contributed by atoms with van der Waals surface area (Å²) in [6, 6.07) is 9.21. The van der Waals surface area contributed by atoms with Gasteiger partial charge in [-0.05, 0) is 24.3 Å². The van der Waals surface area contributed by atoms with Gasteiger partial charge < -0.3 is 15.2 Å². The highest BCUT2D eigenvalue weighted by Gasteiger charge is 2.28. The molecule has 2 amide bonds. The predicted octanol–water partition coefficient (Wildman–Crippen LogP) is 3.32. The minimum absolute atomic E-state index is 0.0477. The van der Waals surface area contributed by atoms with Crippen molar-refractivity contribution in [2.45, 2.75) is 6.18 Å². The van der Waals surface area contributed by atoms with Crippen molar-refractivity contribution in [2.24, 2.45) is 0 Å². The van der Waals surface area contributed by atoms with Crippen molar-refractivity contribution in [3.8, 4) is 5.69 Å². The number of hydrogen-bond donors (Lipinski definition) is 2. The van der Waals surface area contributed by atoms with Crippen LogP contribution in [-0.4, -0.2) is 39.0 Å². The van der Waals surface area contributed by atoms with E-state index in [4.69, 9.17) is 0 Å². The minimum Gasteiger partial charge on any atom is -0.343 e. The van der Waals surface area contributed by atoms with Crippen molar-refractivity contribution in [3.05, 3.63) is 82.4 Å². The highest BCUT2D eigenvalue weighted by atomic mass is 19.4. The lowest BCUT2D eigenvalue weighted by Crippen LogP contribution is -2.34. The third-order valence-electron chi connectivity index (χ3n) is 4.09. The topological polar surface area (TPSA) is 119 Å². The van der Waals surface area contributed by atoms with Gasteiger partial charge in [0.1, 0.15) is 12.2 Å². The summed E-state index contributed by atoms with van der Waals surface area (Å²) in [4.78, 5) is 39.3. The van der Waals surface area contributed by atoms with Gasteiger partial charge in [-0.25, -0.2) is 4.98 Å². The fourth-order valence-corrected chi connectivity index (χ4v) is 2.69. The van der Waals surface area contributed by atoms with Crippen LogP contribution in [0.1, 0.15) is 20.7 Å². The molecule has 2 N–H and O–H groups in total. The third-order valence-corrected chi connectivity index (χ3v) is 4.09. The van der Waals surface area contributed by atoms with Crippen LogP contribution >= 0.6 is 0 Å². The summed E-state index contributed by atoms with van der Waals surface area (Å²) in [7, 11) is 0. The Morgan fingerprint density at radius 2 is 1.87 bits per heavy atom. The number of amides is 2. The number of para-hydroxylation sites is 1. The van der Waals surface area contributed by atoms with Gasteiger partial charge in [0.15, 0.2) is 0 Å². The number of hydrogen-bond acceptors (Lipinski definition) is 5. The van der Waals surface area contributed by atoms with Gasteiger partial charge in [0.25, 0.3) is 17.5 Å². The summed E-state index contributed by atoms with van der Waals surface area (Å²) in [6.07, 6.45) is -0.301. The van der Waals surface area contributed by atoms with Crippen LogP contribution in [0.15, 0.2) is 61.2 Å². The summed E-state index contributed by atoms with van der Waals surface area (Å²) in [5.41, 5.74) is -0.493. The van der Waals surface area contributed by atoms with E-state index in [2.05, 4.69) is 10.3 Å². The van der Waals surface area contributed by atoms with Gasteiger partial charge in [-0.15, -0.1) is 0 Å². The van der Waals surface area contributed by atoms with E-state index in [9.17, 15) is 32.9 Å². The lowest BCUT2D eigenvalue weighted by molar-refractivity contribution is -0.384. The van der Waals surface area contributed by atoms with E-state index >= 15 is 0 Å². The van der Waals surface area contributed by atoms with Gasteiger partial charge in [-0.2, -0.15) is 13.2 Å². The highest BCUT2D eigenvalue weighted by Crippen LogP contribution is 2.25. The molecule has 0 spiro atoms. The Morgan fingerprint density at radius 1 is 1.13 bits per heavy atom. The Kier molecular flexibility index (Phi) is 6.00. The van der Waals surface area contributed by atoms with E-state index < -0.39 is 29.5 Å². The first kappa shape index (κ1) is 21.5. The normalized spacial score (nSPS) is 11.1. The van der Waals surface area contributed by atoms with Gasteiger partial charge >= 0.3 is 6.18 Å². The summed E-state index contributed by atoms with van der Waals surface area (Å²) < 4.78 is 38.5. The molecule has 0 aliphatic carbocycles. The highest BCUT2D eigenvalue weighted by molar-refractivity contribution is 6.09. The molecule has 0 bridgehead atoms. The molecule has 0 saturated carbocycles. The van der Waals surface area contributed by atoms with Crippen molar-refractivity contribution in [3.63, 3.8) is 0 Å². The van der Waals surface area contributed by atoms with E-state index in [0.717, 1.165) is 6.07 Å². The van der Waals surface area contributed by atoms with Crippen molar-refractivity contribution in [2.75, 3.05) is 11.9 Å². The molecule has 2 aromatic carbocycles. The zero-order chi connectivity index (χ0) is 22.6. The number of alkyl halides is 3. The summed E-state index contributed by atoms with van der Waals surface area (Å²) in [5, 5.41) is 15.6. The van der Waals surface area contributed by atoms with E-state index in [1.165, 1.54) is 59.7 Å².